The van der Waals surface area contributed by atoms with Crippen LogP contribution in [-0.4, -0.2) is 26.1 Å². The molecule has 4 fully saturated rings. The van der Waals surface area contributed by atoms with E-state index >= 15 is 0 Å². The van der Waals surface area contributed by atoms with Crippen molar-refractivity contribution in [3.8, 4) is 5.75 Å². The largest absolute Gasteiger partial charge is 0.489 e. The number of hydrogen-bond acceptors (Lipinski definition) is 3. The average molecular weight is 409 g/mol. The normalized spacial score (nSPS) is 33.3. The number of amides is 1. The van der Waals surface area contributed by atoms with Crippen LogP contribution in [0.4, 0.5) is 4.39 Å². The van der Waals surface area contributed by atoms with E-state index < -0.39 is 0 Å². The molecule has 1 amide bonds. The zero-order valence-corrected chi connectivity index (χ0v) is 17.1. The Morgan fingerprint density at radius 1 is 1.25 bits per heavy atom. The Morgan fingerprint density at radius 3 is 2.43 bits per heavy atom. The van der Waals surface area contributed by atoms with E-state index in [0.717, 1.165) is 24.5 Å². The molecule has 1 aromatic rings. The van der Waals surface area contributed by atoms with Crippen molar-refractivity contribution >= 4 is 18.3 Å². The third kappa shape index (κ3) is 3.67. The second-order valence-corrected chi connectivity index (χ2v) is 8.67. The maximum absolute atomic E-state index is 12.6. The van der Waals surface area contributed by atoms with E-state index in [0.29, 0.717) is 23.7 Å². The van der Waals surface area contributed by atoms with Gasteiger partial charge in [-0.1, -0.05) is 12.1 Å². The quantitative estimate of drug-likeness (QED) is 0.753. The molecule has 1 aromatic carbocycles. The van der Waals surface area contributed by atoms with Crippen LogP contribution in [0.3, 0.4) is 0 Å². The molecule has 28 heavy (non-hydrogen) atoms. The molecule has 4 saturated carbocycles. The molecule has 2 unspecified atom stereocenters. The van der Waals surface area contributed by atoms with Gasteiger partial charge >= 0.3 is 0 Å². The summed E-state index contributed by atoms with van der Waals surface area (Å²) < 4.78 is 18.3. The Balaban J connectivity index is 0.00000225. The zero-order chi connectivity index (χ0) is 19.0. The van der Waals surface area contributed by atoms with Crippen LogP contribution < -0.4 is 15.8 Å². The fourth-order valence-electron chi connectivity index (χ4n) is 6.19. The number of nitrogens with two attached hydrogens (primary N) is 1. The molecule has 4 bridgehead atoms. The number of carbonyl (C=O) groups is 1. The van der Waals surface area contributed by atoms with E-state index in [1.54, 1.807) is 7.05 Å². The predicted molar refractivity (Wildman–Crippen MR) is 110 cm³/mol. The topological polar surface area (TPSA) is 64.3 Å². The van der Waals surface area contributed by atoms with E-state index in [9.17, 15) is 9.18 Å². The van der Waals surface area contributed by atoms with E-state index in [-0.39, 0.29) is 42.8 Å². The molecule has 6 heteroatoms. The summed E-state index contributed by atoms with van der Waals surface area (Å²) >= 11 is 0. The fraction of sp³-hybridized carbons (Fsp3) is 0.591. The smallest absolute Gasteiger partial charge is 0.223 e. The third-order valence-corrected chi connectivity index (χ3v) is 7.13. The molecule has 2 atom stereocenters. The van der Waals surface area contributed by atoms with Crippen molar-refractivity contribution in [3.05, 3.63) is 41.7 Å². The summed E-state index contributed by atoms with van der Waals surface area (Å²) in [5.74, 6) is 2.94. The first-order valence-electron chi connectivity index (χ1n) is 10.0. The number of rotatable bonds is 6. The lowest BCUT2D eigenvalue weighted by molar-refractivity contribution is -0.139. The maximum atomic E-state index is 12.6. The van der Waals surface area contributed by atoms with Crippen LogP contribution in [0, 0.1) is 23.7 Å². The second kappa shape index (κ2) is 8.42. The van der Waals surface area contributed by atoms with E-state index in [2.05, 4.69) is 17.4 Å². The van der Waals surface area contributed by atoms with E-state index in [4.69, 9.17) is 10.5 Å². The second-order valence-electron chi connectivity index (χ2n) is 8.67. The van der Waals surface area contributed by atoms with Crippen molar-refractivity contribution in [2.45, 2.75) is 37.5 Å². The van der Waals surface area contributed by atoms with E-state index in [1.165, 1.54) is 24.8 Å². The molecule has 0 aliphatic heterocycles. The summed E-state index contributed by atoms with van der Waals surface area (Å²) in [5.41, 5.74) is 7.49. The minimum absolute atomic E-state index is 0. The summed E-state index contributed by atoms with van der Waals surface area (Å²) in [5, 5.41) is 2.89. The first kappa shape index (κ1) is 21.1. The van der Waals surface area contributed by atoms with Gasteiger partial charge in [0, 0.05) is 25.1 Å². The summed E-state index contributed by atoms with van der Waals surface area (Å²) in [6, 6.07) is 8.30. The van der Waals surface area contributed by atoms with Crippen LogP contribution in [-0.2, 0) is 10.2 Å². The van der Waals surface area contributed by atoms with Crippen molar-refractivity contribution in [2.24, 2.45) is 29.4 Å². The molecule has 4 nitrogen and oxygen atoms in total. The molecule has 4 aliphatic carbocycles. The van der Waals surface area contributed by atoms with Gasteiger partial charge in [-0.3, -0.25) is 4.79 Å². The summed E-state index contributed by atoms with van der Waals surface area (Å²) in [4.78, 5) is 12.4. The zero-order valence-electron chi connectivity index (χ0n) is 16.3. The number of carbonyl (C=O) groups excluding carboxylic acids is 1. The molecular weight excluding hydrogens is 379 g/mol. The fourth-order valence-corrected chi connectivity index (χ4v) is 6.19. The Bertz CT molecular complexity index is 721. The third-order valence-electron chi connectivity index (χ3n) is 7.13. The molecule has 5 rings (SSSR count). The number of halogens is 2. The Hall–Kier alpha value is -1.59. The Kier molecular flexibility index (Phi) is 6.35. The molecular formula is C22H30ClFN2O2. The lowest BCUT2D eigenvalue weighted by atomic mass is 9.44. The van der Waals surface area contributed by atoms with Gasteiger partial charge < -0.3 is 15.8 Å². The van der Waals surface area contributed by atoms with Crippen LogP contribution >= 0.6 is 12.4 Å². The number of hydrogen-bond donors (Lipinski definition) is 2. The molecule has 0 aromatic heterocycles. The van der Waals surface area contributed by atoms with Crippen LogP contribution in [0.2, 0.25) is 0 Å². The van der Waals surface area contributed by atoms with Gasteiger partial charge in [0.1, 0.15) is 12.4 Å². The Labute approximate surface area is 172 Å². The van der Waals surface area contributed by atoms with Gasteiger partial charge in [-0.15, -0.1) is 12.4 Å². The molecule has 4 aliphatic rings. The van der Waals surface area contributed by atoms with Crippen LogP contribution in [0.25, 0.3) is 0 Å². The molecule has 0 saturated heterocycles. The summed E-state index contributed by atoms with van der Waals surface area (Å²) in [7, 11) is 1.76. The standard InChI is InChI=1S/C22H29FN2O2.ClH/c1-25-21(26)20-16-6-14-7-17(20)10-22(8-14,9-16)18-2-4-19(5-3-18)27-13-15(11-23)12-24;/h2-5,11,14,16-17,20H,6-10,12-13,24H2,1H3,(H,25,26);1H/b15-11+;. The van der Waals surface area contributed by atoms with E-state index in [1.807, 2.05) is 12.1 Å². The molecule has 0 spiro atoms. The summed E-state index contributed by atoms with van der Waals surface area (Å²) in [6.07, 6.45) is 6.39. The van der Waals surface area contributed by atoms with Gasteiger partial charge in [-0.25, -0.2) is 4.39 Å². The highest BCUT2D eigenvalue weighted by molar-refractivity contribution is 5.85. The highest BCUT2D eigenvalue weighted by Crippen LogP contribution is 2.62. The minimum atomic E-state index is 0. The first-order chi connectivity index (χ1) is 13.1. The van der Waals surface area contributed by atoms with Crippen LogP contribution in [0.1, 0.15) is 37.7 Å². The first-order valence-corrected chi connectivity index (χ1v) is 10.0. The van der Waals surface area contributed by atoms with Crippen molar-refractivity contribution in [1.82, 2.24) is 5.32 Å². The number of benzene rings is 1. The van der Waals surface area contributed by atoms with Crippen molar-refractivity contribution in [3.63, 3.8) is 0 Å². The number of ether oxygens (including phenoxy) is 1. The molecule has 0 radical (unpaired) electrons. The Morgan fingerprint density at radius 2 is 1.89 bits per heavy atom. The van der Waals surface area contributed by atoms with Gasteiger partial charge in [0.2, 0.25) is 5.91 Å². The van der Waals surface area contributed by atoms with Gasteiger partial charge in [0.15, 0.2) is 0 Å². The molecule has 154 valence electrons. The van der Waals surface area contributed by atoms with Gasteiger partial charge in [-0.05, 0) is 73.0 Å². The van der Waals surface area contributed by atoms with Gasteiger partial charge in [0.05, 0.1) is 6.33 Å². The molecule has 3 N–H and O–H groups in total. The highest BCUT2D eigenvalue weighted by Gasteiger charge is 2.57. The van der Waals surface area contributed by atoms with Crippen LogP contribution in [0.5, 0.6) is 5.75 Å². The summed E-state index contributed by atoms with van der Waals surface area (Å²) in [6.45, 7) is 0.339. The predicted octanol–water partition coefficient (Wildman–Crippen LogP) is 3.74. The van der Waals surface area contributed by atoms with Crippen molar-refractivity contribution in [1.29, 1.82) is 0 Å². The SMILES string of the molecule is CNC(=O)C1C2CC3CC1CC(c1ccc(OC/C(=C/F)CN)cc1)(C3)C2.Cl. The lowest BCUT2D eigenvalue weighted by Gasteiger charge is -2.59. The monoisotopic (exact) mass is 408 g/mol. The van der Waals surface area contributed by atoms with Crippen molar-refractivity contribution in [2.75, 3.05) is 20.2 Å². The molecule has 0 heterocycles. The average Bonchev–Trinajstić information content (AvgIpc) is 2.68. The lowest BCUT2D eigenvalue weighted by Crippen LogP contribution is -2.56. The van der Waals surface area contributed by atoms with Gasteiger partial charge in [-0.2, -0.15) is 0 Å². The van der Waals surface area contributed by atoms with Crippen LogP contribution in [0.15, 0.2) is 36.2 Å². The number of nitrogens with one attached hydrogen (secondary N) is 1. The highest BCUT2D eigenvalue weighted by atomic mass is 35.5. The maximum Gasteiger partial charge on any atom is 0.223 e. The van der Waals surface area contributed by atoms with Gasteiger partial charge in [0.25, 0.3) is 0 Å². The minimum Gasteiger partial charge on any atom is -0.489 e. The van der Waals surface area contributed by atoms with Crippen molar-refractivity contribution < 1.29 is 13.9 Å².